The molecule has 1 aliphatic heterocycles. The van der Waals surface area contributed by atoms with Gasteiger partial charge in [-0.05, 0) is 32.7 Å². The normalized spacial score (nSPS) is 34.1. The number of carbonyl (C=O) groups is 1. The van der Waals surface area contributed by atoms with E-state index in [-0.39, 0.29) is 12.0 Å². The third-order valence-corrected chi connectivity index (χ3v) is 4.13. The third kappa shape index (κ3) is 3.19. The van der Waals surface area contributed by atoms with Gasteiger partial charge in [0.05, 0.1) is 12.0 Å². The quantitative estimate of drug-likeness (QED) is 0.814. The number of ether oxygens (including phenoxy) is 1. The maximum Gasteiger partial charge on any atom is 0.308 e. The molecule has 0 spiro atoms. The van der Waals surface area contributed by atoms with Gasteiger partial charge in [-0.1, -0.05) is 12.8 Å². The van der Waals surface area contributed by atoms with Gasteiger partial charge in [0.25, 0.3) is 0 Å². The number of likely N-dealkylation sites (N-methyl/N-ethyl adjacent to an activating group) is 1. The molecule has 98 valence electrons. The molecule has 1 saturated heterocycles. The molecule has 2 aliphatic rings. The molecular formula is C13H23NO3. The number of nitrogens with zero attached hydrogens (tertiary/aromatic N) is 1. The molecule has 0 aromatic heterocycles. The van der Waals surface area contributed by atoms with Crippen molar-refractivity contribution in [2.45, 2.75) is 50.7 Å². The second-order valence-corrected chi connectivity index (χ2v) is 5.37. The zero-order valence-electron chi connectivity index (χ0n) is 10.6. The van der Waals surface area contributed by atoms with Crippen molar-refractivity contribution < 1.29 is 14.6 Å². The van der Waals surface area contributed by atoms with Crippen LogP contribution in [0.5, 0.6) is 0 Å². The number of hydrogen-bond donors (Lipinski definition) is 1. The second-order valence-electron chi connectivity index (χ2n) is 5.37. The van der Waals surface area contributed by atoms with E-state index < -0.39 is 5.97 Å². The van der Waals surface area contributed by atoms with Crippen molar-refractivity contribution in [3.8, 4) is 0 Å². The smallest absolute Gasteiger partial charge is 0.308 e. The summed E-state index contributed by atoms with van der Waals surface area (Å²) in [5, 5.41) is 9.26. The molecule has 2 fully saturated rings. The van der Waals surface area contributed by atoms with Gasteiger partial charge in [-0.25, -0.2) is 0 Å². The van der Waals surface area contributed by atoms with E-state index in [1.165, 1.54) is 0 Å². The van der Waals surface area contributed by atoms with E-state index in [2.05, 4.69) is 4.90 Å². The zero-order valence-corrected chi connectivity index (χ0v) is 10.6. The van der Waals surface area contributed by atoms with Crippen LogP contribution in [0.2, 0.25) is 0 Å². The van der Waals surface area contributed by atoms with E-state index in [1.54, 1.807) is 0 Å². The van der Waals surface area contributed by atoms with Gasteiger partial charge < -0.3 is 9.84 Å². The summed E-state index contributed by atoms with van der Waals surface area (Å²) < 4.78 is 5.62. The predicted molar refractivity (Wildman–Crippen MR) is 65.0 cm³/mol. The fourth-order valence-corrected chi connectivity index (χ4v) is 3.17. The van der Waals surface area contributed by atoms with Gasteiger partial charge in [-0.2, -0.15) is 0 Å². The minimum absolute atomic E-state index is 0.185. The van der Waals surface area contributed by atoms with Crippen LogP contribution in [0, 0.1) is 5.92 Å². The Kier molecular flexibility index (Phi) is 4.40. The molecule has 0 aromatic carbocycles. The Morgan fingerprint density at radius 1 is 1.29 bits per heavy atom. The molecule has 1 heterocycles. The molecule has 1 N–H and O–H groups in total. The van der Waals surface area contributed by atoms with Gasteiger partial charge in [-0.3, -0.25) is 9.69 Å². The minimum atomic E-state index is -0.631. The Morgan fingerprint density at radius 2 is 2.06 bits per heavy atom. The number of rotatable bonds is 4. The highest BCUT2D eigenvalue weighted by atomic mass is 16.5. The molecule has 0 amide bonds. The third-order valence-electron chi connectivity index (χ3n) is 4.13. The largest absolute Gasteiger partial charge is 0.481 e. The SMILES string of the molecule is CN(CC1CCCO1)C1CCCCC1C(=O)O. The van der Waals surface area contributed by atoms with Crippen LogP contribution in [0.3, 0.4) is 0 Å². The standard InChI is InChI=1S/C13H23NO3/c1-14(9-10-5-4-8-17-10)12-7-3-2-6-11(12)13(15)16/h10-12H,2-9H2,1H3,(H,15,16). The highest BCUT2D eigenvalue weighted by molar-refractivity contribution is 5.71. The van der Waals surface area contributed by atoms with Crippen molar-refractivity contribution >= 4 is 5.97 Å². The first-order valence-electron chi connectivity index (χ1n) is 6.73. The Hall–Kier alpha value is -0.610. The van der Waals surface area contributed by atoms with Crippen LogP contribution in [-0.4, -0.2) is 48.3 Å². The highest BCUT2D eigenvalue weighted by Gasteiger charge is 2.34. The molecule has 1 aliphatic carbocycles. The van der Waals surface area contributed by atoms with Crippen molar-refractivity contribution in [2.75, 3.05) is 20.2 Å². The van der Waals surface area contributed by atoms with Crippen LogP contribution in [-0.2, 0) is 9.53 Å². The fourth-order valence-electron chi connectivity index (χ4n) is 3.17. The number of aliphatic carboxylic acids is 1. The lowest BCUT2D eigenvalue weighted by Gasteiger charge is -2.36. The summed E-state index contributed by atoms with van der Waals surface area (Å²) in [6, 6.07) is 0.199. The molecule has 17 heavy (non-hydrogen) atoms. The summed E-state index contributed by atoms with van der Waals surface area (Å²) in [5.41, 5.74) is 0. The molecule has 3 atom stereocenters. The number of carboxylic acids is 1. The maximum atomic E-state index is 11.2. The summed E-state index contributed by atoms with van der Waals surface area (Å²) in [5.74, 6) is -0.816. The summed E-state index contributed by atoms with van der Waals surface area (Å²) >= 11 is 0. The van der Waals surface area contributed by atoms with E-state index in [1.807, 2.05) is 7.05 Å². The molecule has 3 unspecified atom stereocenters. The van der Waals surface area contributed by atoms with Crippen molar-refractivity contribution in [1.82, 2.24) is 4.90 Å². The molecule has 0 radical (unpaired) electrons. The second kappa shape index (κ2) is 5.83. The summed E-state index contributed by atoms with van der Waals surface area (Å²) in [6.07, 6.45) is 6.64. The average molecular weight is 241 g/mol. The topological polar surface area (TPSA) is 49.8 Å². The maximum absolute atomic E-state index is 11.2. The fraction of sp³-hybridized carbons (Fsp3) is 0.923. The van der Waals surface area contributed by atoms with E-state index in [0.29, 0.717) is 6.10 Å². The van der Waals surface area contributed by atoms with Crippen LogP contribution < -0.4 is 0 Å². The van der Waals surface area contributed by atoms with Crippen molar-refractivity contribution in [3.63, 3.8) is 0 Å². The van der Waals surface area contributed by atoms with Gasteiger partial charge >= 0.3 is 5.97 Å². The Morgan fingerprint density at radius 3 is 2.71 bits per heavy atom. The first-order valence-corrected chi connectivity index (χ1v) is 6.73. The minimum Gasteiger partial charge on any atom is -0.481 e. The lowest BCUT2D eigenvalue weighted by molar-refractivity contribution is -0.145. The highest BCUT2D eigenvalue weighted by Crippen LogP contribution is 2.29. The van der Waals surface area contributed by atoms with Crippen LogP contribution >= 0.6 is 0 Å². The summed E-state index contributed by atoms with van der Waals surface area (Å²) in [7, 11) is 2.05. The summed E-state index contributed by atoms with van der Waals surface area (Å²) in [6.45, 7) is 1.75. The van der Waals surface area contributed by atoms with Gasteiger partial charge in [0.15, 0.2) is 0 Å². The molecule has 1 saturated carbocycles. The van der Waals surface area contributed by atoms with Gasteiger partial charge in [0, 0.05) is 19.2 Å². The lowest BCUT2D eigenvalue weighted by Crippen LogP contribution is -2.46. The zero-order chi connectivity index (χ0) is 12.3. The molecular weight excluding hydrogens is 218 g/mol. The van der Waals surface area contributed by atoms with Gasteiger partial charge in [0.2, 0.25) is 0 Å². The Labute approximate surface area is 103 Å². The molecule has 4 nitrogen and oxygen atoms in total. The van der Waals surface area contributed by atoms with E-state index in [0.717, 1.165) is 51.7 Å². The van der Waals surface area contributed by atoms with Crippen LogP contribution in [0.25, 0.3) is 0 Å². The van der Waals surface area contributed by atoms with Crippen molar-refractivity contribution in [1.29, 1.82) is 0 Å². The number of hydrogen-bond acceptors (Lipinski definition) is 3. The molecule has 0 bridgehead atoms. The van der Waals surface area contributed by atoms with Crippen LogP contribution in [0.15, 0.2) is 0 Å². The summed E-state index contributed by atoms with van der Waals surface area (Å²) in [4.78, 5) is 13.5. The average Bonchev–Trinajstić information content (AvgIpc) is 2.81. The Balaban J connectivity index is 1.90. The number of carboxylic acid groups (broad SMARTS) is 1. The molecule has 0 aromatic rings. The van der Waals surface area contributed by atoms with Crippen molar-refractivity contribution in [2.24, 2.45) is 5.92 Å². The monoisotopic (exact) mass is 241 g/mol. The Bertz CT molecular complexity index is 263. The molecule has 4 heteroatoms. The van der Waals surface area contributed by atoms with E-state index in [4.69, 9.17) is 4.74 Å². The first kappa shape index (κ1) is 12.8. The first-order chi connectivity index (χ1) is 8.18. The van der Waals surface area contributed by atoms with E-state index >= 15 is 0 Å². The molecule has 2 rings (SSSR count). The predicted octanol–water partition coefficient (Wildman–Crippen LogP) is 1.74. The van der Waals surface area contributed by atoms with E-state index in [9.17, 15) is 9.90 Å². The van der Waals surface area contributed by atoms with Gasteiger partial charge in [-0.15, -0.1) is 0 Å². The lowest BCUT2D eigenvalue weighted by atomic mass is 9.83. The van der Waals surface area contributed by atoms with Crippen molar-refractivity contribution in [3.05, 3.63) is 0 Å². The van der Waals surface area contributed by atoms with Crippen LogP contribution in [0.1, 0.15) is 38.5 Å². The van der Waals surface area contributed by atoms with Gasteiger partial charge in [0.1, 0.15) is 0 Å². The van der Waals surface area contributed by atoms with Crippen LogP contribution in [0.4, 0.5) is 0 Å².